The highest BCUT2D eigenvalue weighted by Gasteiger charge is 2.40. The molecule has 0 radical (unpaired) electrons. The summed E-state index contributed by atoms with van der Waals surface area (Å²) in [6.45, 7) is 6.74. The smallest absolute Gasteiger partial charge is 0.151 e. The predicted octanol–water partition coefficient (Wildman–Crippen LogP) is 3.14. The van der Waals surface area contributed by atoms with Crippen molar-refractivity contribution >= 4 is 11.8 Å². The number of rotatable bonds is 6. The Kier molecular flexibility index (Phi) is 5.91. The summed E-state index contributed by atoms with van der Waals surface area (Å²) in [5, 5.41) is 4.44. The Balaban J connectivity index is 1.11. The fraction of sp³-hybridized carbons (Fsp3) is 0.400. The highest BCUT2D eigenvalue weighted by atomic mass is 16.6. The number of methoxy groups -OCH3 is 1. The van der Waals surface area contributed by atoms with Crippen molar-refractivity contribution in [2.75, 3.05) is 53.0 Å². The fourth-order valence-electron chi connectivity index (χ4n) is 4.49. The van der Waals surface area contributed by atoms with Crippen molar-refractivity contribution in [2.45, 2.75) is 6.10 Å². The van der Waals surface area contributed by atoms with Crippen molar-refractivity contribution in [1.29, 1.82) is 0 Å². The Morgan fingerprint density at radius 2 is 1.87 bits per heavy atom. The van der Waals surface area contributed by atoms with E-state index in [1.807, 2.05) is 24.3 Å². The first-order valence-corrected chi connectivity index (χ1v) is 11.0. The number of benzene rings is 2. The summed E-state index contributed by atoms with van der Waals surface area (Å²) in [7, 11) is 1.67. The Bertz CT molecular complexity index is 952. The van der Waals surface area contributed by atoms with Gasteiger partial charge in [0.2, 0.25) is 0 Å². The quantitative estimate of drug-likeness (QED) is 0.720. The number of nitrogens with zero attached hydrogens (tertiary/aromatic N) is 3. The second-order valence-corrected chi connectivity index (χ2v) is 8.31. The standard InChI is InChI=1S/C25H29N3O3/c1-29-20-9-10-21-23(16-20)30-18-22-24(31-26-25(21)22)17-28-14-12-27(13-15-28)11-5-8-19-6-3-2-4-7-19/h2-10,16,22,24H,11-15,17-18H2,1H3/b8-5+/t22-,24-/m0/s1. The van der Waals surface area contributed by atoms with Crippen LogP contribution in [0, 0.1) is 5.92 Å². The van der Waals surface area contributed by atoms with Gasteiger partial charge in [-0.1, -0.05) is 47.6 Å². The lowest BCUT2D eigenvalue weighted by atomic mass is 9.90. The van der Waals surface area contributed by atoms with E-state index in [9.17, 15) is 0 Å². The van der Waals surface area contributed by atoms with Gasteiger partial charge in [0, 0.05) is 50.9 Å². The van der Waals surface area contributed by atoms with E-state index in [0.717, 1.165) is 62.0 Å². The summed E-state index contributed by atoms with van der Waals surface area (Å²) in [4.78, 5) is 10.9. The normalized spacial score (nSPS) is 23.6. The van der Waals surface area contributed by atoms with Gasteiger partial charge in [0.15, 0.2) is 6.10 Å². The van der Waals surface area contributed by atoms with Crippen LogP contribution in [0.25, 0.3) is 6.08 Å². The average Bonchev–Trinajstić information content (AvgIpc) is 3.23. The number of piperazine rings is 1. The molecule has 0 bridgehead atoms. The third-order valence-corrected chi connectivity index (χ3v) is 6.35. The summed E-state index contributed by atoms with van der Waals surface area (Å²) in [5.74, 6) is 1.81. The molecule has 3 aliphatic heterocycles. The fourth-order valence-corrected chi connectivity index (χ4v) is 4.49. The molecule has 0 aromatic heterocycles. The number of fused-ring (bicyclic) bond motifs is 3. The van der Waals surface area contributed by atoms with Gasteiger partial charge in [0.05, 0.1) is 13.0 Å². The summed E-state index contributed by atoms with van der Waals surface area (Å²) < 4.78 is 11.3. The van der Waals surface area contributed by atoms with Crippen LogP contribution in [-0.2, 0) is 4.84 Å². The lowest BCUT2D eigenvalue weighted by molar-refractivity contribution is 0.0103. The maximum atomic E-state index is 6.02. The van der Waals surface area contributed by atoms with Gasteiger partial charge in [-0.3, -0.25) is 9.80 Å². The van der Waals surface area contributed by atoms with E-state index in [4.69, 9.17) is 14.3 Å². The van der Waals surface area contributed by atoms with Gasteiger partial charge in [-0.15, -0.1) is 0 Å². The Morgan fingerprint density at radius 1 is 1.06 bits per heavy atom. The predicted molar refractivity (Wildman–Crippen MR) is 122 cm³/mol. The Morgan fingerprint density at radius 3 is 2.68 bits per heavy atom. The van der Waals surface area contributed by atoms with E-state index in [1.165, 1.54) is 5.56 Å². The van der Waals surface area contributed by atoms with Crippen molar-refractivity contribution in [2.24, 2.45) is 11.1 Å². The summed E-state index contributed by atoms with van der Waals surface area (Å²) in [6.07, 6.45) is 4.51. The van der Waals surface area contributed by atoms with Crippen molar-refractivity contribution in [3.05, 3.63) is 65.7 Å². The van der Waals surface area contributed by atoms with Gasteiger partial charge in [-0.2, -0.15) is 0 Å². The summed E-state index contributed by atoms with van der Waals surface area (Å²) in [6, 6.07) is 16.4. The van der Waals surface area contributed by atoms with Crippen LogP contribution in [0.5, 0.6) is 11.5 Å². The SMILES string of the molecule is COc1ccc2c(c1)OC[C@@H]1C2=NO[C@H]1CN1CCN(C/C=C/c2ccccc2)CC1. The van der Waals surface area contributed by atoms with Gasteiger partial charge in [0.1, 0.15) is 23.8 Å². The molecule has 0 unspecified atom stereocenters. The van der Waals surface area contributed by atoms with Gasteiger partial charge in [-0.05, 0) is 17.7 Å². The molecule has 6 heteroatoms. The van der Waals surface area contributed by atoms with Crippen LogP contribution in [0.3, 0.4) is 0 Å². The molecule has 0 amide bonds. The third-order valence-electron chi connectivity index (χ3n) is 6.35. The Hall–Kier alpha value is -2.83. The zero-order chi connectivity index (χ0) is 21.0. The summed E-state index contributed by atoms with van der Waals surface area (Å²) in [5.41, 5.74) is 3.29. The van der Waals surface area contributed by atoms with Gasteiger partial charge < -0.3 is 14.3 Å². The lowest BCUT2D eigenvalue weighted by Crippen LogP contribution is -2.50. The summed E-state index contributed by atoms with van der Waals surface area (Å²) >= 11 is 0. The van der Waals surface area contributed by atoms with Crippen molar-refractivity contribution in [3.63, 3.8) is 0 Å². The molecule has 31 heavy (non-hydrogen) atoms. The van der Waals surface area contributed by atoms with Crippen LogP contribution in [-0.4, -0.2) is 74.6 Å². The van der Waals surface area contributed by atoms with Crippen LogP contribution in [0.4, 0.5) is 0 Å². The minimum atomic E-state index is 0.0507. The first kappa shape index (κ1) is 20.1. The van der Waals surface area contributed by atoms with Crippen LogP contribution in [0.1, 0.15) is 11.1 Å². The molecule has 6 nitrogen and oxygen atoms in total. The van der Waals surface area contributed by atoms with Gasteiger partial charge in [0.25, 0.3) is 0 Å². The molecule has 3 aliphatic rings. The van der Waals surface area contributed by atoms with Crippen molar-refractivity contribution in [1.82, 2.24) is 9.80 Å². The van der Waals surface area contributed by atoms with Crippen LogP contribution >= 0.6 is 0 Å². The molecule has 2 aromatic carbocycles. The monoisotopic (exact) mass is 419 g/mol. The molecule has 0 aliphatic carbocycles. The molecule has 1 fully saturated rings. The van der Waals surface area contributed by atoms with Crippen LogP contribution in [0.15, 0.2) is 59.8 Å². The first-order chi connectivity index (χ1) is 15.3. The zero-order valence-electron chi connectivity index (χ0n) is 17.9. The molecule has 162 valence electrons. The minimum absolute atomic E-state index is 0.0507. The molecule has 5 rings (SSSR count). The second kappa shape index (κ2) is 9.12. The highest BCUT2D eigenvalue weighted by Crippen LogP contribution is 2.36. The molecule has 2 aromatic rings. The van der Waals surface area contributed by atoms with E-state index in [-0.39, 0.29) is 12.0 Å². The van der Waals surface area contributed by atoms with E-state index < -0.39 is 0 Å². The molecular formula is C25H29N3O3. The maximum absolute atomic E-state index is 6.02. The van der Waals surface area contributed by atoms with E-state index in [2.05, 4.69) is 51.4 Å². The average molecular weight is 420 g/mol. The number of ether oxygens (including phenoxy) is 2. The topological polar surface area (TPSA) is 46.5 Å². The molecular weight excluding hydrogens is 390 g/mol. The highest BCUT2D eigenvalue weighted by molar-refractivity contribution is 6.06. The number of hydrogen-bond acceptors (Lipinski definition) is 6. The molecule has 0 N–H and O–H groups in total. The van der Waals surface area contributed by atoms with Gasteiger partial charge in [-0.25, -0.2) is 0 Å². The molecule has 0 saturated carbocycles. The maximum Gasteiger partial charge on any atom is 0.151 e. The van der Waals surface area contributed by atoms with Crippen LogP contribution in [0.2, 0.25) is 0 Å². The minimum Gasteiger partial charge on any atom is -0.497 e. The van der Waals surface area contributed by atoms with Gasteiger partial charge >= 0.3 is 0 Å². The zero-order valence-corrected chi connectivity index (χ0v) is 17.9. The Labute approximate surface area is 183 Å². The third kappa shape index (κ3) is 4.45. The number of hydrogen-bond donors (Lipinski definition) is 0. The number of oxime groups is 1. The molecule has 0 spiro atoms. The van der Waals surface area contributed by atoms with Crippen LogP contribution < -0.4 is 9.47 Å². The van der Waals surface area contributed by atoms with Crippen molar-refractivity contribution < 1.29 is 14.3 Å². The second-order valence-electron chi connectivity index (χ2n) is 8.31. The van der Waals surface area contributed by atoms with E-state index >= 15 is 0 Å². The van der Waals surface area contributed by atoms with E-state index in [0.29, 0.717) is 6.61 Å². The largest absolute Gasteiger partial charge is 0.497 e. The van der Waals surface area contributed by atoms with E-state index in [1.54, 1.807) is 7.11 Å². The first-order valence-electron chi connectivity index (χ1n) is 11.0. The lowest BCUT2D eigenvalue weighted by Gasteiger charge is -2.36. The molecule has 1 saturated heterocycles. The van der Waals surface area contributed by atoms with Crippen molar-refractivity contribution in [3.8, 4) is 11.5 Å². The molecule has 2 atom stereocenters. The molecule has 3 heterocycles.